The van der Waals surface area contributed by atoms with Gasteiger partial charge in [0.1, 0.15) is 0 Å². The molecule has 0 radical (unpaired) electrons. The topological polar surface area (TPSA) is 72.2 Å². The Kier molecular flexibility index (Phi) is 2.51. The van der Waals surface area contributed by atoms with Crippen molar-refractivity contribution in [2.75, 3.05) is 0 Å². The van der Waals surface area contributed by atoms with Gasteiger partial charge in [0.2, 0.25) is 0 Å². The van der Waals surface area contributed by atoms with E-state index in [1.165, 1.54) is 23.0 Å². The standard InChI is InChI=1S/C11H8N2O3/c14-10(15)8-4-1-2-5-9(8)13-7-3-6-12-11(13)16/h1-7H,(H,14,15). The highest BCUT2D eigenvalue weighted by atomic mass is 16.4. The van der Waals surface area contributed by atoms with E-state index in [1.54, 1.807) is 24.3 Å². The predicted molar refractivity (Wildman–Crippen MR) is 56.8 cm³/mol. The van der Waals surface area contributed by atoms with E-state index in [4.69, 9.17) is 5.11 Å². The zero-order chi connectivity index (χ0) is 11.5. The Bertz CT molecular complexity index is 590. The van der Waals surface area contributed by atoms with Crippen LogP contribution in [0.5, 0.6) is 0 Å². The maximum absolute atomic E-state index is 11.5. The van der Waals surface area contributed by atoms with Crippen molar-refractivity contribution in [2.45, 2.75) is 0 Å². The van der Waals surface area contributed by atoms with Gasteiger partial charge >= 0.3 is 11.7 Å². The summed E-state index contributed by atoms with van der Waals surface area (Å²) in [5.41, 5.74) is -0.123. The number of hydrogen-bond acceptors (Lipinski definition) is 3. The molecule has 2 aromatic rings. The van der Waals surface area contributed by atoms with Gasteiger partial charge in [-0.25, -0.2) is 14.6 Å². The zero-order valence-electron chi connectivity index (χ0n) is 8.20. The molecule has 0 saturated carbocycles. The molecule has 0 unspecified atom stereocenters. The molecule has 1 heterocycles. The van der Waals surface area contributed by atoms with Crippen LogP contribution in [-0.4, -0.2) is 20.6 Å². The molecule has 5 heteroatoms. The lowest BCUT2D eigenvalue weighted by molar-refractivity contribution is 0.0697. The van der Waals surface area contributed by atoms with E-state index in [9.17, 15) is 9.59 Å². The van der Waals surface area contributed by atoms with Gasteiger partial charge in [0.25, 0.3) is 0 Å². The van der Waals surface area contributed by atoms with Gasteiger partial charge in [0, 0.05) is 12.4 Å². The highest BCUT2D eigenvalue weighted by Crippen LogP contribution is 2.11. The summed E-state index contributed by atoms with van der Waals surface area (Å²) >= 11 is 0. The van der Waals surface area contributed by atoms with E-state index in [2.05, 4.69) is 4.98 Å². The van der Waals surface area contributed by atoms with Gasteiger partial charge in [-0.05, 0) is 18.2 Å². The average molecular weight is 216 g/mol. The smallest absolute Gasteiger partial charge is 0.352 e. The monoisotopic (exact) mass is 216 g/mol. The molecule has 5 nitrogen and oxygen atoms in total. The van der Waals surface area contributed by atoms with Crippen molar-refractivity contribution in [2.24, 2.45) is 0 Å². The summed E-state index contributed by atoms with van der Waals surface area (Å²) in [5.74, 6) is -1.08. The fourth-order valence-electron chi connectivity index (χ4n) is 1.41. The lowest BCUT2D eigenvalue weighted by Crippen LogP contribution is -2.21. The van der Waals surface area contributed by atoms with Gasteiger partial charge in [-0.1, -0.05) is 12.1 Å². The summed E-state index contributed by atoms with van der Waals surface area (Å²) in [6.07, 6.45) is 2.85. The van der Waals surface area contributed by atoms with Crippen molar-refractivity contribution in [1.82, 2.24) is 9.55 Å². The molecule has 0 spiro atoms. The number of aromatic carboxylic acids is 1. The average Bonchev–Trinajstić information content (AvgIpc) is 2.29. The minimum atomic E-state index is -1.08. The lowest BCUT2D eigenvalue weighted by atomic mass is 10.2. The number of nitrogens with zero attached hydrogens (tertiary/aromatic N) is 2. The maximum Gasteiger partial charge on any atom is 0.352 e. The first kappa shape index (κ1) is 10.1. The van der Waals surface area contributed by atoms with Gasteiger partial charge in [0.15, 0.2) is 0 Å². The van der Waals surface area contributed by atoms with Gasteiger partial charge in [-0.2, -0.15) is 0 Å². The van der Waals surface area contributed by atoms with E-state index in [-0.39, 0.29) is 5.56 Å². The van der Waals surface area contributed by atoms with Crippen LogP contribution in [0.25, 0.3) is 5.69 Å². The van der Waals surface area contributed by atoms with E-state index in [1.807, 2.05) is 0 Å². The van der Waals surface area contributed by atoms with Crippen molar-refractivity contribution in [1.29, 1.82) is 0 Å². The van der Waals surface area contributed by atoms with E-state index in [0.717, 1.165) is 0 Å². The van der Waals surface area contributed by atoms with Crippen LogP contribution in [0.15, 0.2) is 47.5 Å². The highest BCUT2D eigenvalue weighted by Gasteiger charge is 2.11. The number of carboxylic acid groups (broad SMARTS) is 1. The number of hydrogen-bond donors (Lipinski definition) is 1. The largest absolute Gasteiger partial charge is 0.478 e. The fourth-order valence-corrected chi connectivity index (χ4v) is 1.41. The molecule has 16 heavy (non-hydrogen) atoms. The van der Waals surface area contributed by atoms with Crippen LogP contribution in [0.4, 0.5) is 0 Å². The molecule has 0 aliphatic heterocycles. The van der Waals surface area contributed by atoms with Crippen LogP contribution in [0, 0.1) is 0 Å². The van der Waals surface area contributed by atoms with Gasteiger partial charge in [-0.15, -0.1) is 0 Å². The van der Waals surface area contributed by atoms with Crippen LogP contribution >= 0.6 is 0 Å². The minimum Gasteiger partial charge on any atom is -0.478 e. The molecule has 1 N–H and O–H groups in total. The van der Waals surface area contributed by atoms with E-state index < -0.39 is 11.7 Å². The Balaban J connectivity index is 2.70. The first-order valence-corrected chi connectivity index (χ1v) is 4.56. The van der Waals surface area contributed by atoms with Crippen LogP contribution < -0.4 is 5.69 Å². The zero-order valence-corrected chi connectivity index (χ0v) is 8.20. The maximum atomic E-state index is 11.5. The van der Waals surface area contributed by atoms with Crippen molar-refractivity contribution in [3.63, 3.8) is 0 Å². The van der Waals surface area contributed by atoms with Crippen LogP contribution in [0.2, 0.25) is 0 Å². The fraction of sp³-hybridized carbons (Fsp3) is 0. The van der Waals surface area contributed by atoms with E-state index >= 15 is 0 Å². The SMILES string of the molecule is O=C(O)c1ccccc1-n1cccnc1=O. The Morgan fingerprint density at radius 1 is 1.25 bits per heavy atom. The first-order valence-electron chi connectivity index (χ1n) is 4.56. The molecular weight excluding hydrogens is 208 g/mol. The summed E-state index contributed by atoms with van der Waals surface area (Å²) in [6.45, 7) is 0. The second-order valence-corrected chi connectivity index (χ2v) is 3.09. The first-order chi connectivity index (χ1) is 7.70. The molecule has 2 rings (SSSR count). The van der Waals surface area contributed by atoms with E-state index in [0.29, 0.717) is 5.69 Å². The number of rotatable bonds is 2. The summed E-state index contributed by atoms with van der Waals surface area (Å²) in [5, 5.41) is 8.98. The third-order valence-corrected chi connectivity index (χ3v) is 2.11. The molecule has 0 aliphatic carbocycles. The molecule has 0 fully saturated rings. The van der Waals surface area contributed by atoms with Gasteiger partial charge in [0.05, 0.1) is 11.3 Å². The Morgan fingerprint density at radius 2 is 2.00 bits per heavy atom. The number of para-hydroxylation sites is 1. The van der Waals surface area contributed by atoms with Crippen molar-refractivity contribution < 1.29 is 9.90 Å². The Labute approximate surface area is 90.6 Å². The lowest BCUT2D eigenvalue weighted by Gasteiger charge is -2.07. The summed E-state index contributed by atoms with van der Waals surface area (Å²) in [6, 6.07) is 7.85. The van der Waals surface area contributed by atoms with Crippen molar-refractivity contribution in [3.8, 4) is 5.69 Å². The number of carbonyl (C=O) groups is 1. The minimum absolute atomic E-state index is 0.0672. The van der Waals surface area contributed by atoms with Gasteiger partial charge in [-0.3, -0.25) is 4.57 Å². The summed E-state index contributed by atoms with van der Waals surface area (Å²) in [7, 11) is 0. The normalized spacial score (nSPS) is 10.0. The predicted octanol–water partition coefficient (Wildman–Crippen LogP) is 0.931. The Morgan fingerprint density at radius 3 is 2.69 bits per heavy atom. The molecule has 1 aromatic carbocycles. The molecular formula is C11H8N2O3. The summed E-state index contributed by atoms with van der Waals surface area (Å²) < 4.78 is 1.20. The molecule has 0 saturated heterocycles. The third-order valence-electron chi connectivity index (χ3n) is 2.11. The van der Waals surface area contributed by atoms with Gasteiger partial charge < -0.3 is 5.11 Å². The third kappa shape index (κ3) is 1.70. The summed E-state index contributed by atoms with van der Waals surface area (Å²) in [4.78, 5) is 26.0. The van der Waals surface area contributed by atoms with Crippen LogP contribution in [0.1, 0.15) is 10.4 Å². The second-order valence-electron chi connectivity index (χ2n) is 3.09. The molecule has 0 aliphatic rings. The highest BCUT2D eigenvalue weighted by molar-refractivity contribution is 5.91. The van der Waals surface area contributed by atoms with Crippen LogP contribution in [0.3, 0.4) is 0 Å². The molecule has 0 amide bonds. The van der Waals surface area contributed by atoms with Crippen molar-refractivity contribution >= 4 is 5.97 Å². The Hall–Kier alpha value is -2.43. The molecule has 0 atom stereocenters. The number of benzene rings is 1. The quantitative estimate of drug-likeness (QED) is 0.810. The number of carboxylic acids is 1. The second kappa shape index (κ2) is 3.98. The molecule has 1 aromatic heterocycles. The van der Waals surface area contributed by atoms with Crippen LogP contribution in [-0.2, 0) is 0 Å². The van der Waals surface area contributed by atoms with Crippen molar-refractivity contribution in [3.05, 3.63) is 58.8 Å². The molecule has 0 bridgehead atoms. The molecule has 80 valence electrons. The number of aromatic nitrogens is 2.